The van der Waals surface area contributed by atoms with Crippen LogP contribution in [0.25, 0.3) is 70.6 Å². The van der Waals surface area contributed by atoms with Crippen LogP contribution in [0.4, 0.5) is 0 Å². The molecule has 6 aromatic rings. The molecule has 0 aromatic heterocycles. The van der Waals surface area contributed by atoms with Gasteiger partial charge in [-0.25, -0.2) is 0 Å². The number of likely N-dealkylation sites (N-methyl/N-ethyl adjacent to an activating group) is 1. The van der Waals surface area contributed by atoms with Gasteiger partial charge in [0.25, 0.3) is 0 Å². The van der Waals surface area contributed by atoms with E-state index in [1.54, 1.807) is 92.5 Å². The molecular formula is C55H47N. The first-order valence-corrected chi connectivity index (χ1v) is 23.1. The van der Waals surface area contributed by atoms with Crippen molar-refractivity contribution in [2.75, 3.05) is 13.6 Å². The Hall–Kier alpha value is -4.20. The molecule has 11 aliphatic rings. The Kier molecular flexibility index (Phi) is 4.56. The van der Waals surface area contributed by atoms with Gasteiger partial charge in [0.15, 0.2) is 0 Å². The zero-order valence-corrected chi connectivity index (χ0v) is 32.7. The average molecular weight is 722 g/mol. The molecule has 0 bridgehead atoms. The van der Waals surface area contributed by atoms with Gasteiger partial charge in [-0.15, -0.1) is 0 Å². The third-order valence-corrected chi connectivity index (χ3v) is 19.3. The van der Waals surface area contributed by atoms with E-state index in [-0.39, 0.29) is 10.8 Å². The van der Waals surface area contributed by atoms with Crippen molar-refractivity contribution in [1.82, 2.24) is 4.90 Å². The van der Waals surface area contributed by atoms with Crippen molar-refractivity contribution in [3.8, 4) is 0 Å². The lowest BCUT2D eigenvalue weighted by Gasteiger charge is -2.54. The summed E-state index contributed by atoms with van der Waals surface area (Å²) in [6.45, 7) is 3.49. The summed E-state index contributed by atoms with van der Waals surface area (Å²) in [4.78, 5) is 2.93. The fraction of sp³-hybridized carbons (Fsp3) is 0.418. The monoisotopic (exact) mass is 721 g/mol. The molecule has 272 valence electrons. The summed E-state index contributed by atoms with van der Waals surface area (Å²) in [5.41, 5.74) is 17.5. The number of rotatable bonds is 11. The van der Waals surface area contributed by atoms with Crippen LogP contribution in [0.1, 0.15) is 112 Å². The van der Waals surface area contributed by atoms with Crippen LogP contribution in [0.2, 0.25) is 0 Å². The van der Waals surface area contributed by atoms with Crippen LogP contribution in [0.15, 0.2) is 77.4 Å². The van der Waals surface area contributed by atoms with E-state index >= 15 is 0 Å². The highest BCUT2D eigenvalue weighted by Gasteiger charge is 2.76. The second-order valence-electron chi connectivity index (χ2n) is 20.8. The maximum atomic E-state index is 2.93. The molecule has 0 radical (unpaired) electrons. The van der Waals surface area contributed by atoms with Crippen LogP contribution in [0.5, 0.6) is 0 Å². The predicted molar refractivity (Wildman–Crippen MR) is 231 cm³/mol. The van der Waals surface area contributed by atoms with Crippen LogP contribution in [0, 0.1) is 29.1 Å². The zero-order chi connectivity index (χ0) is 35.9. The van der Waals surface area contributed by atoms with Crippen molar-refractivity contribution in [3.05, 3.63) is 110 Å². The summed E-state index contributed by atoms with van der Waals surface area (Å²) in [6, 6.07) is 10.9. The van der Waals surface area contributed by atoms with Crippen LogP contribution in [-0.2, 0) is 5.41 Å². The van der Waals surface area contributed by atoms with Crippen molar-refractivity contribution in [2.24, 2.45) is 29.1 Å². The Morgan fingerprint density at radius 2 is 1.45 bits per heavy atom. The van der Waals surface area contributed by atoms with Gasteiger partial charge in [-0.05, 0) is 151 Å². The number of hydrogen-bond donors (Lipinski definition) is 0. The molecule has 9 atom stereocenters. The lowest BCUT2D eigenvalue weighted by molar-refractivity contribution is 0.251. The summed E-state index contributed by atoms with van der Waals surface area (Å²) in [5, 5.41) is 20.0. The molecule has 1 heterocycles. The first-order valence-electron chi connectivity index (χ1n) is 23.1. The van der Waals surface area contributed by atoms with E-state index in [0.29, 0.717) is 41.5 Å². The summed E-state index contributed by atoms with van der Waals surface area (Å²) in [7, 11) is 2.55. The van der Waals surface area contributed by atoms with Crippen molar-refractivity contribution >= 4 is 70.6 Å². The van der Waals surface area contributed by atoms with Gasteiger partial charge in [0.1, 0.15) is 0 Å². The van der Waals surface area contributed by atoms with E-state index in [1.807, 2.05) is 16.7 Å². The Balaban J connectivity index is 0.993. The topological polar surface area (TPSA) is 3.24 Å². The molecule has 6 aromatic carbocycles. The molecule has 2 fully saturated rings. The highest BCUT2D eigenvalue weighted by Crippen LogP contribution is 2.81. The zero-order valence-electron chi connectivity index (χ0n) is 32.7. The first-order chi connectivity index (χ1) is 27.7. The Morgan fingerprint density at radius 3 is 2.30 bits per heavy atom. The number of unbranched alkanes of at least 4 members (excludes halogenated alkanes) is 9. The minimum atomic E-state index is -0.0288. The van der Waals surface area contributed by atoms with Gasteiger partial charge in [0.2, 0.25) is 0 Å². The molecule has 56 heavy (non-hydrogen) atoms. The average Bonchev–Trinajstić information content (AvgIpc) is 4.05. The second-order valence-corrected chi connectivity index (χ2v) is 20.8. The number of fused-ring (bicyclic) bond motifs is 3. The Bertz CT molecular complexity index is 3280. The van der Waals surface area contributed by atoms with Gasteiger partial charge in [0, 0.05) is 35.8 Å². The SMILES string of the molecule is CCCCCCCCCCCCC1N(C)CC23C4=C5C=CC6C7C5=C2c2c5c8c9c%10c(ccc%11c%12ccc%13c%14c(c2c8c(c%10%11)c%14%12)C13C=%13C=C4)C1C=CC6C(C=57)C91. The van der Waals surface area contributed by atoms with Gasteiger partial charge in [-0.2, -0.15) is 0 Å². The maximum Gasteiger partial charge on any atom is 0.0526 e. The van der Waals surface area contributed by atoms with Crippen LogP contribution >= 0.6 is 0 Å². The van der Waals surface area contributed by atoms with E-state index in [9.17, 15) is 0 Å². The third kappa shape index (κ3) is 2.43. The minimum absolute atomic E-state index is 0.00851. The van der Waals surface area contributed by atoms with E-state index in [1.165, 1.54) is 81.4 Å². The molecule has 0 N–H and O–H groups in total. The van der Waals surface area contributed by atoms with Gasteiger partial charge in [-0.3, -0.25) is 0 Å². The lowest BCUT2D eigenvalue weighted by Crippen LogP contribution is -2.54. The standard InChI is InChI=1S/C55H47N/c1-3-4-5-6-7-8-9-10-11-12-13-35-55-34-23-22-33-31-20-18-29-27-16-14-25-26-15-17-28-30-19-21-32(34)43-41(30)46-39(28)37(26)44-36(25)38(27)45-40(29)42(31)52(54(33,55)24-56(35)2)50-48(45)47(44)49(46)51(50)53(43)55/h14-23,25,27,29,35-36,38,40H,3-13,24H2,1-2H3. The maximum absolute atomic E-state index is 2.93. The molecule has 1 saturated heterocycles. The molecule has 1 saturated carbocycles. The third-order valence-electron chi connectivity index (χ3n) is 19.3. The number of allylic oxidation sites excluding steroid dienone is 8. The molecule has 1 heteroatoms. The van der Waals surface area contributed by atoms with E-state index in [4.69, 9.17) is 0 Å². The van der Waals surface area contributed by atoms with Crippen molar-refractivity contribution in [2.45, 2.75) is 101 Å². The summed E-state index contributed by atoms with van der Waals surface area (Å²) in [5.74, 6) is 3.51. The molecule has 0 amide bonds. The number of likely N-dealkylation sites (tertiary alicyclic amines) is 1. The Morgan fingerprint density at radius 1 is 0.679 bits per heavy atom. The molecular weight excluding hydrogens is 675 g/mol. The molecule has 2 spiro atoms. The van der Waals surface area contributed by atoms with Gasteiger partial charge >= 0.3 is 0 Å². The van der Waals surface area contributed by atoms with Crippen molar-refractivity contribution in [3.63, 3.8) is 0 Å². The predicted octanol–water partition coefficient (Wildman–Crippen LogP) is 11.4. The molecule has 10 aliphatic carbocycles. The Labute approximate surface area is 327 Å². The normalized spacial score (nSPS) is 35.5. The van der Waals surface area contributed by atoms with Crippen LogP contribution < -0.4 is 10.4 Å². The first kappa shape index (κ1) is 29.1. The largest absolute Gasteiger partial charge is 0.301 e. The summed E-state index contributed by atoms with van der Waals surface area (Å²) >= 11 is 0. The summed E-state index contributed by atoms with van der Waals surface area (Å²) < 4.78 is 0. The highest BCUT2D eigenvalue weighted by atomic mass is 15.2. The van der Waals surface area contributed by atoms with Gasteiger partial charge < -0.3 is 4.90 Å². The smallest absolute Gasteiger partial charge is 0.0526 e. The highest BCUT2D eigenvalue weighted by molar-refractivity contribution is 6.47. The number of nitrogens with zero attached hydrogens (tertiary/aromatic N) is 1. The van der Waals surface area contributed by atoms with E-state index < -0.39 is 0 Å². The molecule has 1 aliphatic heterocycles. The van der Waals surface area contributed by atoms with Gasteiger partial charge in [-0.1, -0.05) is 132 Å². The molecule has 1 nitrogen and oxygen atoms in total. The van der Waals surface area contributed by atoms with Crippen molar-refractivity contribution in [1.29, 1.82) is 0 Å². The number of benzene rings is 4. The quantitative estimate of drug-likeness (QED) is 0.0731. The second kappa shape index (κ2) is 8.78. The summed E-state index contributed by atoms with van der Waals surface area (Å²) in [6.07, 6.45) is 31.6. The number of hydrogen-bond acceptors (Lipinski definition) is 1. The molecule has 9 unspecified atom stereocenters. The lowest BCUT2D eigenvalue weighted by atomic mass is 9.46. The molecule has 17 rings (SSSR count). The fourth-order valence-electron chi connectivity index (χ4n) is 18.2. The van der Waals surface area contributed by atoms with Gasteiger partial charge in [0.05, 0.1) is 5.41 Å². The minimum Gasteiger partial charge on any atom is -0.301 e. The van der Waals surface area contributed by atoms with E-state index in [0.717, 1.165) is 6.54 Å². The van der Waals surface area contributed by atoms with Crippen LogP contribution in [0.3, 0.4) is 0 Å². The fourth-order valence-corrected chi connectivity index (χ4v) is 18.2. The van der Waals surface area contributed by atoms with Crippen molar-refractivity contribution < 1.29 is 0 Å². The van der Waals surface area contributed by atoms with E-state index in [2.05, 4.69) is 79.6 Å². The van der Waals surface area contributed by atoms with Crippen LogP contribution in [-0.4, -0.2) is 24.5 Å².